The summed E-state index contributed by atoms with van der Waals surface area (Å²) in [5, 5.41) is 4.09. The number of amides is 1. The molecule has 0 bridgehead atoms. The number of hydrogen-bond acceptors (Lipinski definition) is 8. The first-order valence-corrected chi connectivity index (χ1v) is 14.2. The van der Waals surface area contributed by atoms with Gasteiger partial charge in [-0.1, -0.05) is 12.1 Å². The van der Waals surface area contributed by atoms with Crippen molar-refractivity contribution >= 4 is 22.8 Å². The molecule has 5 rings (SSSR count). The number of rotatable bonds is 10. The number of carbonyl (C=O) groups is 1. The zero-order chi connectivity index (χ0) is 33.0. The highest BCUT2D eigenvalue weighted by Gasteiger charge is 2.32. The third-order valence-electron chi connectivity index (χ3n) is 7.55. The molecule has 1 amide bonds. The Balaban J connectivity index is 1.18. The lowest BCUT2D eigenvalue weighted by molar-refractivity contribution is -0.138. The summed E-state index contributed by atoms with van der Waals surface area (Å²) in [6.07, 6.45) is -0.940. The van der Waals surface area contributed by atoms with Crippen molar-refractivity contribution in [1.29, 1.82) is 0 Å². The Hall–Kier alpha value is -5.02. The standard InChI is InChI=1S/C30H30F5N7O4/c1-19(18-46-12-7-25(43)39-8-10-40(11-9-39)29-36-13-21(14-37-29)30(33,34)35)41-17-23(27(31)32)26-24(41)15-38-42(28(26)44)16-20-3-5-22(45-2)6-4-20/h3-7,12-15,17,19,27H,8-11,16,18H2,1-2H3. The van der Waals surface area contributed by atoms with Crippen molar-refractivity contribution in [3.05, 3.63) is 88.4 Å². The van der Waals surface area contributed by atoms with Crippen molar-refractivity contribution in [3.63, 3.8) is 0 Å². The second-order valence-corrected chi connectivity index (χ2v) is 10.6. The molecule has 0 spiro atoms. The molecule has 1 saturated heterocycles. The molecule has 1 atom stereocenters. The summed E-state index contributed by atoms with van der Waals surface area (Å²) in [7, 11) is 1.53. The van der Waals surface area contributed by atoms with E-state index >= 15 is 0 Å². The smallest absolute Gasteiger partial charge is 0.419 e. The van der Waals surface area contributed by atoms with Gasteiger partial charge in [0.2, 0.25) is 11.9 Å². The van der Waals surface area contributed by atoms with Crippen molar-refractivity contribution in [2.75, 3.05) is 44.8 Å². The minimum absolute atomic E-state index is 0.00418. The van der Waals surface area contributed by atoms with Crippen LogP contribution in [0.1, 0.15) is 36.1 Å². The molecule has 1 aromatic carbocycles. The highest BCUT2D eigenvalue weighted by atomic mass is 19.4. The van der Waals surface area contributed by atoms with Gasteiger partial charge in [-0.15, -0.1) is 0 Å². The molecule has 244 valence electrons. The molecule has 1 fully saturated rings. The van der Waals surface area contributed by atoms with Gasteiger partial charge in [-0.2, -0.15) is 18.3 Å². The second-order valence-electron chi connectivity index (χ2n) is 10.6. The van der Waals surface area contributed by atoms with Crippen molar-refractivity contribution in [3.8, 4) is 5.75 Å². The van der Waals surface area contributed by atoms with Crippen LogP contribution in [0.3, 0.4) is 0 Å². The third-order valence-corrected chi connectivity index (χ3v) is 7.55. The van der Waals surface area contributed by atoms with Crippen LogP contribution in [0.15, 0.2) is 66.2 Å². The van der Waals surface area contributed by atoms with Crippen molar-refractivity contribution in [2.24, 2.45) is 0 Å². The van der Waals surface area contributed by atoms with E-state index in [2.05, 4.69) is 15.1 Å². The lowest BCUT2D eigenvalue weighted by atomic mass is 10.2. The summed E-state index contributed by atoms with van der Waals surface area (Å²) >= 11 is 0. The Kier molecular flexibility index (Phi) is 9.53. The SMILES string of the molecule is COc1ccc(Cn2ncc3c(c(C(F)F)cn3C(C)COC=CC(=O)N3CCN(c4ncc(C(F)(F)F)cn4)CC3)c2=O)cc1. The number of aromatic nitrogens is 5. The number of anilines is 1. The summed E-state index contributed by atoms with van der Waals surface area (Å²) in [5.41, 5.74) is -1.02. The van der Waals surface area contributed by atoms with Gasteiger partial charge in [0.15, 0.2) is 0 Å². The van der Waals surface area contributed by atoms with Crippen LogP contribution < -0.4 is 15.2 Å². The minimum atomic E-state index is -4.53. The molecule has 0 saturated carbocycles. The molecule has 46 heavy (non-hydrogen) atoms. The Morgan fingerprint density at radius 3 is 2.33 bits per heavy atom. The summed E-state index contributed by atoms with van der Waals surface area (Å²) in [6, 6.07) is 6.47. The van der Waals surface area contributed by atoms with E-state index in [1.165, 1.54) is 36.4 Å². The molecule has 4 aromatic rings. The summed E-state index contributed by atoms with van der Waals surface area (Å²) < 4.78 is 79.6. The van der Waals surface area contributed by atoms with E-state index in [1.54, 1.807) is 41.0 Å². The van der Waals surface area contributed by atoms with Gasteiger partial charge in [-0.3, -0.25) is 9.59 Å². The van der Waals surface area contributed by atoms with Crippen LogP contribution in [-0.2, 0) is 22.3 Å². The number of fused-ring (bicyclic) bond motifs is 1. The molecule has 1 unspecified atom stereocenters. The van der Waals surface area contributed by atoms with Gasteiger partial charge in [-0.25, -0.2) is 23.4 Å². The summed E-state index contributed by atoms with van der Waals surface area (Å²) in [5.74, 6) is 0.445. The lowest BCUT2D eigenvalue weighted by Gasteiger charge is -2.34. The van der Waals surface area contributed by atoms with Gasteiger partial charge in [0, 0.05) is 56.4 Å². The Bertz CT molecular complexity index is 1750. The molecular weight excluding hydrogens is 617 g/mol. The van der Waals surface area contributed by atoms with E-state index in [0.29, 0.717) is 31.9 Å². The van der Waals surface area contributed by atoms with E-state index in [9.17, 15) is 31.5 Å². The average Bonchev–Trinajstić information content (AvgIpc) is 3.45. The lowest BCUT2D eigenvalue weighted by Crippen LogP contribution is -2.48. The van der Waals surface area contributed by atoms with Crippen LogP contribution in [0.4, 0.5) is 27.9 Å². The highest BCUT2D eigenvalue weighted by molar-refractivity contribution is 5.87. The predicted molar refractivity (Wildman–Crippen MR) is 157 cm³/mol. The van der Waals surface area contributed by atoms with Gasteiger partial charge in [0.1, 0.15) is 12.4 Å². The number of carbonyl (C=O) groups excluding carboxylic acids is 1. The summed E-state index contributed by atoms with van der Waals surface area (Å²) in [6.45, 7) is 3.04. The van der Waals surface area contributed by atoms with Gasteiger partial charge >= 0.3 is 6.18 Å². The zero-order valence-corrected chi connectivity index (χ0v) is 24.8. The maximum absolute atomic E-state index is 14.0. The van der Waals surface area contributed by atoms with E-state index in [4.69, 9.17) is 9.47 Å². The number of halogens is 5. The second kappa shape index (κ2) is 13.5. The van der Waals surface area contributed by atoms with E-state index in [1.807, 2.05) is 0 Å². The number of methoxy groups -OCH3 is 1. The summed E-state index contributed by atoms with van der Waals surface area (Å²) in [4.78, 5) is 36.7. The molecule has 3 aromatic heterocycles. The fourth-order valence-electron chi connectivity index (χ4n) is 5.02. The largest absolute Gasteiger partial charge is 0.499 e. The minimum Gasteiger partial charge on any atom is -0.499 e. The third kappa shape index (κ3) is 7.10. The molecule has 0 radical (unpaired) electrons. The van der Waals surface area contributed by atoms with E-state index in [-0.39, 0.29) is 35.9 Å². The molecule has 1 aliphatic heterocycles. The molecule has 16 heteroatoms. The number of benzene rings is 1. The first-order chi connectivity index (χ1) is 22.0. The quantitative estimate of drug-likeness (QED) is 0.141. The van der Waals surface area contributed by atoms with Crippen molar-refractivity contribution in [2.45, 2.75) is 32.1 Å². The van der Waals surface area contributed by atoms with Crippen LogP contribution in [-0.4, -0.2) is 75.0 Å². The normalized spacial score (nSPS) is 14.8. The van der Waals surface area contributed by atoms with Crippen molar-refractivity contribution in [1.82, 2.24) is 29.2 Å². The molecule has 11 nitrogen and oxygen atoms in total. The Labute approximate surface area is 259 Å². The fraction of sp³-hybridized carbons (Fsp3) is 0.367. The van der Waals surface area contributed by atoms with Crippen LogP contribution in [0.25, 0.3) is 10.9 Å². The number of hydrogen-bond donors (Lipinski definition) is 0. The van der Waals surface area contributed by atoms with Crippen LogP contribution in [0.5, 0.6) is 5.75 Å². The number of nitrogens with zero attached hydrogens (tertiary/aromatic N) is 7. The molecule has 4 heterocycles. The first kappa shape index (κ1) is 32.4. The van der Waals surface area contributed by atoms with Gasteiger partial charge < -0.3 is 23.8 Å². The maximum atomic E-state index is 14.0. The first-order valence-electron chi connectivity index (χ1n) is 14.2. The Morgan fingerprint density at radius 1 is 1.04 bits per heavy atom. The number of ether oxygens (including phenoxy) is 2. The van der Waals surface area contributed by atoms with Crippen molar-refractivity contribution < 1.29 is 36.2 Å². The average molecular weight is 648 g/mol. The van der Waals surface area contributed by atoms with Gasteiger partial charge in [-0.05, 0) is 24.6 Å². The van der Waals surface area contributed by atoms with E-state index < -0.39 is 35.3 Å². The monoisotopic (exact) mass is 647 g/mol. The molecule has 0 aliphatic carbocycles. The topological polar surface area (TPSA) is 108 Å². The van der Waals surface area contributed by atoms with Crippen LogP contribution in [0.2, 0.25) is 0 Å². The molecule has 1 aliphatic rings. The number of piperazine rings is 1. The molecular formula is C30H30F5N7O4. The van der Waals surface area contributed by atoms with Gasteiger partial charge in [0.05, 0.1) is 48.6 Å². The van der Waals surface area contributed by atoms with Crippen LogP contribution >= 0.6 is 0 Å². The zero-order valence-electron chi connectivity index (χ0n) is 24.8. The predicted octanol–water partition coefficient (Wildman–Crippen LogP) is 4.44. The van der Waals surface area contributed by atoms with Gasteiger partial charge in [0.25, 0.3) is 12.0 Å². The maximum Gasteiger partial charge on any atom is 0.419 e. The van der Waals surface area contributed by atoms with E-state index in [0.717, 1.165) is 22.6 Å². The fourth-order valence-corrected chi connectivity index (χ4v) is 5.02. The Morgan fingerprint density at radius 2 is 1.72 bits per heavy atom. The molecule has 0 N–H and O–H groups in total. The highest BCUT2D eigenvalue weighted by Crippen LogP contribution is 2.30. The van der Waals surface area contributed by atoms with Crippen LogP contribution in [0, 0.1) is 0 Å². The number of alkyl halides is 5.